The Morgan fingerprint density at radius 1 is 0.892 bits per heavy atom. The standard InChI is InChI=1S/C25H25Cl2F6NO3/c1-13(24(28,29)30)21(14-5-8-16(26)9-6-14)22(36)34-19-11-15(7-10-18(19)27)17(25(31,32)33)12-20(35)37-23(2,3)4/h5-11,13,17,21H,12H2,1-4H3,(H,34,36)/t13-,17+,21+/m1/s1. The van der Waals surface area contributed by atoms with Crippen LogP contribution in [0, 0.1) is 5.92 Å². The van der Waals surface area contributed by atoms with Gasteiger partial charge in [0, 0.05) is 5.02 Å². The van der Waals surface area contributed by atoms with Crippen LogP contribution < -0.4 is 5.32 Å². The summed E-state index contributed by atoms with van der Waals surface area (Å²) in [5.74, 6) is -8.45. The molecule has 2 aromatic carbocycles. The highest BCUT2D eigenvalue weighted by Gasteiger charge is 2.46. The molecule has 0 saturated carbocycles. The lowest BCUT2D eigenvalue weighted by Crippen LogP contribution is -2.34. The summed E-state index contributed by atoms with van der Waals surface area (Å²) in [4.78, 5) is 25.2. The van der Waals surface area contributed by atoms with Crippen molar-refractivity contribution in [1.82, 2.24) is 0 Å². The van der Waals surface area contributed by atoms with Crippen LogP contribution in [0.25, 0.3) is 0 Å². The van der Waals surface area contributed by atoms with E-state index in [1.165, 1.54) is 45.0 Å². The van der Waals surface area contributed by atoms with Crippen molar-refractivity contribution in [2.24, 2.45) is 5.92 Å². The number of hydrogen-bond acceptors (Lipinski definition) is 3. The quantitative estimate of drug-likeness (QED) is 0.268. The van der Waals surface area contributed by atoms with Gasteiger partial charge in [-0.2, -0.15) is 26.3 Å². The third-order valence-corrected chi connectivity index (χ3v) is 5.95. The summed E-state index contributed by atoms with van der Waals surface area (Å²) >= 11 is 11.9. The predicted molar refractivity (Wildman–Crippen MR) is 129 cm³/mol. The topological polar surface area (TPSA) is 55.4 Å². The molecular weight excluding hydrogens is 547 g/mol. The third-order valence-electron chi connectivity index (χ3n) is 5.36. The Bertz CT molecular complexity index is 1110. The van der Waals surface area contributed by atoms with E-state index in [0.29, 0.717) is 0 Å². The largest absolute Gasteiger partial charge is 0.460 e. The molecular formula is C25H25Cl2F6NO3. The van der Waals surface area contributed by atoms with Gasteiger partial charge >= 0.3 is 18.3 Å². The highest BCUT2D eigenvalue weighted by Crippen LogP contribution is 2.42. The van der Waals surface area contributed by atoms with Crippen LogP contribution >= 0.6 is 23.2 Å². The van der Waals surface area contributed by atoms with Crippen LogP contribution in [0.15, 0.2) is 42.5 Å². The summed E-state index contributed by atoms with van der Waals surface area (Å²) in [6.45, 7) is 5.32. The van der Waals surface area contributed by atoms with Crippen LogP contribution in [-0.4, -0.2) is 29.8 Å². The first kappa shape index (κ1) is 30.8. The number of carbonyl (C=O) groups excluding carboxylic acids is 2. The molecule has 0 unspecified atom stereocenters. The molecule has 3 atom stereocenters. The summed E-state index contributed by atoms with van der Waals surface area (Å²) in [5.41, 5.74) is -1.78. The van der Waals surface area contributed by atoms with E-state index in [9.17, 15) is 35.9 Å². The summed E-state index contributed by atoms with van der Waals surface area (Å²) in [7, 11) is 0. The third kappa shape index (κ3) is 8.81. The Hall–Kier alpha value is -2.46. The van der Waals surface area contributed by atoms with Crippen LogP contribution in [0.2, 0.25) is 10.0 Å². The van der Waals surface area contributed by atoms with Crippen molar-refractivity contribution < 1.29 is 40.7 Å². The Labute approximate surface area is 220 Å². The number of esters is 1. The van der Waals surface area contributed by atoms with Crippen LogP contribution in [0.3, 0.4) is 0 Å². The van der Waals surface area contributed by atoms with E-state index in [1.807, 2.05) is 0 Å². The Balaban J connectivity index is 2.43. The second kappa shape index (κ2) is 11.5. The van der Waals surface area contributed by atoms with Crippen molar-refractivity contribution in [2.75, 3.05) is 5.32 Å². The predicted octanol–water partition coefficient (Wildman–Crippen LogP) is 8.29. The molecule has 2 aromatic rings. The molecule has 0 aliphatic carbocycles. The smallest absolute Gasteiger partial charge is 0.396 e. The van der Waals surface area contributed by atoms with Gasteiger partial charge in [0.25, 0.3) is 0 Å². The van der Waals surface area contributed by atoms with E-state index < -0.39 is 59.6 Å². The van der Waals surface area contributed by atoms with Crippen LogP contribution in [0.4, 0.5) is 32.0 Å². The number of ether oxygens (including phenoxy) is 1. The Morgan fingerprint density at radius 3 is 1.92 bits per heavy atom. The first-order chi connectivity index (χ1) is 16.8. The van der Waals surface area contributed by atoms with Gasteiger partial charge in [0.1, 0.15) is 5.60 Å². The number of halogens is 8. The van der Waals surface area contributed by atoms with Gasteiger partial charge in [0.2, 0.25) is 5.91 Å². The highest BCUT2D eigenvalue weighted by molar-refractivity contribution is 6.33. The normalized spacial score (nSPS) is 15.0. The Morgan fingerprint density at radius 2 is 1.43 bits per heavy atom. The zero-order valence-electron chi connectivity index (χ0n) is 20.2. The van der Waals surface area contributed by atoms with Gasteiger partial charge in [-0.25, -0.2) is 0 Å². The molecule has 0 saturated heterocycles. The number of amides is 1. The number of nitrogens with one attached hydrogen (secondary N) is 1. The van der Waals surface area contributed by atoms with E-state index in [2.05, 4.69) is 5.32 Å². The van der Waals surface area contributed by atoms with Gasteiger partial charge in [-0.05, 0) is 56.2 Å². The van der Waals surface area contributed by atoms with E-state index in [0.717, 1.165) is 25.1 Å². The van der Waals surface area contributed by atoms with E-state index >= 15 is 0 Å². The fraction of sp³-hybridized carbons (Fsp3) is 0.440. The molecule has 0 fully saturated rings. The van der Waals surface area contributed by atoms with Crippen molar-refractivity contribution in [3.8, 4) is 0 Å². The molecule has 204 valence electrons. The fourth-order valence-corrected chi connectivity index (χ4v) is 3.86. The lowest BCUT2D eigenvalue weighted by Gasteiger charge is -2.27. The molecule has 4 nitrogen and oxygen atoms in total. The zero-order valence-corrected chi connectivity index (χ0v) is 21.7. The first-order valence-corrected chi connectivity index (χ1v) is 11.8. The Kier molecular flexibility index (Phi) is 9.57. The zero-order chi connectivity index (χ0) is 28.3. The molecule has 0 radical (unpaired) electrons. The van der Waals surface area contributed by atoms with E-state index in [1.54, 1.807) is 0 Å². The molecule has 0 aliphatic rings. The number of benzene rings is 2. The van der Waals surface area contributed by atoms with Crippen molar-refractivity contribution in [3.05, 3.63) is 63.6 Å². The number of alkyl halides is 6. The number of anilines is 1. The minimum atomic E-state index is -4.87. The van der Waals surface area contributed by atoms with E-state index in [4.69, 9.17) is 27.9 Å². The summed E-state index contributed by atoms with van der Waals surface area (Å²) in [5, 5.41) is 2.26. The van der Waals surface area contributed by atoms with Gasteiger partial charge in [-0.1, -0.05) is 48.3 Å². The molecule has 2 rings (SSSR count). The highest BCUT2D eigenvalue weighted by atomic mass is 35.5. The van der Waals surface area contributed by atoms with Gasteiger partial charge in [0.15, 0.2) is 0 Å². The van der Waals surface area contributed by atoms with Crippen molar-refractivity contribution >= 4 is 40.8 Å². The average Bonchev–Trinajstić information content (AvgIpc) is 2.72. The van der Waals surface area contributed by atoms with Gasteiger partial charge in [-0.3, -0.25) is 9.59 Å². The fourth-order valence-electron chi connectivity index (χ4n) is 3.56. The number of rotatable bonds is 7. The molecule has 1 amide bonds. The van der Waals surface area contributed by atoms with Crippen LogP contribution in [-0.2, 0) is 14.3 Å². The minimum absolute atomic E-state index is 0.00269. The van der Waals surface area contributed by atoms with Crippen molar-refractivity contribution in [2.45, 2.75) is 63.9 Å². The maximum absolute atomic E-state index is 13.8. The molecule has 0 aromatic heterocycles. The lowest BCUT2D eigenvalue weighted by atomic mass is 9.85. The molecule has 12 heteroatoms. The molecule has 0 spiro atoms. The second-order valence-corrected chi connectivity index (χ2v) is 10.3. The monoisotopic (exact) mass is 571 g/mol. The van der Waals surface area contributed by atoms with Crippen LogP contribution in [0.5, 0.6) is 0 Å². The average molecular weight is 572 g/mol. The lowest BCUT2D eigenvalue weighted by molar-refractivity contribution is -0.178. The summed E-state index contributed by atoms with van der Waals surface area (Å²) < 4.78 is 87.3. The second-order valence-electron chi connectivity index (χ2n) is 9.47. The van der Waals surface area contributed by atoms with E-state index in [-0.39, 0.29) is 21.3 Å². The molecule has 0 aliphatic heterocycles. The number of carbonyl (C=O) groups is 2. The SMILES string of the molecule is C[C@H]([C@H](C(=O)Nc1cc([C@H](CC(=O)OC(C)(C)C)C(F)(F)F)ccc1Cl)c1ccc(Cl)cc1)C(F)(F)F. The maximum Gasteiger partial charge on any atom is 0.396 e. The van der Waals surface area contributed by atoms with Gasteiger partial charge < -0.3 is 10.1 Å². The van der Waals surface area contributed by atoms with Gasteiger partial charge in [-0.15, -0.1) is 0 Å². The number of hydrogen-bond donors (Lipinski definition) is 1. The summed E-state index contributed by atoms with van der Waals surface area (Å²) in [6, 6.07) is 8.12. The minimum Gasteiger partial charge on any atom is -0.460 e. The molecule has 0 bridgehead atoms. The molecule has 0 heterocycles. The van der Waals surface area contributed by atoms with Gasteiger partial charge in [0.05, 0.1) is 34.9 Å². The van der Waals surface area contributed by atoms with Crippen molar-refractivity contribution in [1.29, 1.82) is 0 Å². The maximum atomic E-state index is 13.8. The summed E-state index contributed by atoms with van der Waals surface area (Å²) in [6.07, 6.45) is -10.7. The first-order valence-electron chi connectivity index (χ1n) is 11.0. The van der Waals surface area contributed by atoms with Crippen LogP contribution in [0.1, 0.15) is 57.1 Å². The van der Waals surface area contributed by atoms with Crippen molar-refractivity contribution in [3.63, 3.8) is 0 Å². The molecule has 1 N–H and O–H groups in total. The molecule has 37 heavy (non-hydrogen) atoms.